The first kappa shape index (κ1) is 49.0. The van der Waals surface area contributed by atoms with Crippen molar-refractivity contribution >= 4 is 5.97 Å². The van der Waals surface area contributed by atoms with E-state index in [0.29, 0.717) is 145 Å². The number of rotatable bonds is 39. The molecule has 0 fully saturated rings. The monoisotopic (exact) mass is 816 g/mol. The second kappa shape index (κ2) is 34.5. The van der Waals surface area contributed by atoms with Crippen molar-refractivity contribution in [2.45, 2.75) is 5.60 Å². The fraction of sp³-hybridized carbons (Fsp3) is 0.568. The van der Waals surface area contributed by atoms with E-state index >= 15 is 0 Å². The molecule has 0 heterocycles. The molecule has 0 unspecified atom stereocenters. The molecule has 3 aromatic rings. The summed E-state index contributed by atoms with van der Waals surface area (Å²) in [5.41, 5.74) is 2.43. The molecule has 0 amide bonds. The number of esters is 1. The number of carbonyl (C=O) groups excluding carboxylic acids is 1. The summed E-state index contributed by atoms with van der Waals surface area (Å²) >= 11 is 0. The third-order valence-electron chi connectivity index (χ3n) is 8.25. The Morgan fingerprint density at radius 2 is 0.569 bits per heavy atom. The molecule has 14 nitrogen and oxygen atoms in total. The third kappa shape index (κ3) is 22.1. The summed E-state index contributed by atoms with van der Waals surface area (Å²) in [7, 11) is 1.32. The zero-order chi connectivity index (χ0) is 40.9. The summed E-state index contributed by atoms with van der Waals surface area (Å²) in [6.45, 7) is 10.1. The number of hydrogen-bond donors (Lipinski definition) is 0. The normalized spacial score (nSPS) is 11.6. The van der Waals surface area contributed by atoms with Crippen LogP contribution in [0.5, 0.6) is 0 Å². The van der Waals surface area contributed by atoms with Gasteiger partial charge in [-0.2, -0.15) is 0 Å². The van der Waals surface area contributed by atoms with E-state index < -0.39 is 11.6 Å². The van der Waals surface area contributed by atoms with Crippen LogP contribution in [0.4, 0.5) is 0 Å². The van der Waals surface area contributed by atoms with Gasteiger partial charge >= 0.3 is 5.97 Å². The molecule has 58 heavy (non-hydrogen) atoms. The summed E-state index contributed by atoms with van der Waals surface area (Å²) in [6, 6.07) is 30.9. The minimum Gasteiger partial charge on any atom is -0.467 e. The average Bonchev–Trinajstić information content (AvgIpc) is 3.27. The summed E-state index contributed by atoms with van der Waals surface area (Å²) in [5.74, 6) is -0.410. The van der Waals surface area contributed by atoms with Crippen molar-refractivity contribution in [1.29, 1.82) is 0 Å². The van der Waals surface area contributed by atoms with Crippen LogP contribution in [0.2, 0.25) is 0 Å². The molecule has 3 rings (SSSR count). The molecule has 0 radical (unpaired) electrons. The Hall–Kier alpha value is -3.35. The lowest BCUT2D eigenvalue weighted by Gasteiger charge is -2.36. The van der Waals surface area contributed by atoms with Gasteiger partial charge < -0.3 is 61.6 Å². The van der Waals surface area contributed by atoms with Crippen molar-refractivity contribution in [2.24, 2.45) is 0 Å². The van der Waals surface area contributed by atoms with Gasteiger partial charge in [-0.05, 0) is 16.7 Å². The molecule has 0 N–H and O–H groups in total. The van der Waals surface area contributed by atoms with E-state index in [4.69, 9.17) is 56.8 Å². The Balaban J connectivity index is 1.03. The van der Waals surface area contributed by atoms with Crippen molar-refractivity contribution in [3.8, 4) is 0 Å². The van der Waals surface area contributed by atoms with Crippen molar-refractivity contribution in [3.63, 3.8) is 0 Å². The fourth-order valence-electron chi connectivity index (χ4n) is 5.44. The van der Waals surface area contributed by atoms with Gasteiger partial charge in [0.1, 0.15) is 12.2 Å². The molecular weight excluding hydrogens is 752 g/mol. The average molecular weight is 817 g/mol. The molecular formula is C44H64O14. The minimum absolute atomic E-state index is 0.0740. The third-order valence-corrected chi connectivity index (χ3v) is 8.25. The molecule has 0 aromatic heterocycles. The van der Waals surface area contributed by atoms with Crippen molar-refractivity contribution in [3.05, 3.63) is 108 Å². The van der Waals surface area contributed by atoms with Crippen LogP contribution in [0, 0.1) is 0 Å². The first-order chi connectivity index (χ1) is 28.8. The maximum atomic E-state index is 10.9. The molecule has 0 bridgehead atoms. The highest BCUT2D eigenvalue weighted by molar-refractivity contribution is 5.70. The largest absolute Gasteiger partial charge is 0.467 e. The lowest BCUT2D eigenvalue weighted by atomic mass is 9.80. The van der Waals surface area contributed by atoms with Crippen LogP contribution in [-0.2, 0) is 72.0 Å². The van der Waals surface area contributed by atoms with Gasteiger partial charge in [0.25, 0.3) is 0 Å². The molecule has 0 aliphatic carbocycles. The molecule has 3 aromatic carbocycles. The second-order valence-corrected chi connectivity index (χ2v) is 12.4. The molecule has 0 aliphatic rings. The van der Waals surface area contributed by atoms with Gasteiger partial charge in [0, 0.05) is 0 Å². The van der Waals surface area contributed by atoms with E-state index in [1.807, 2.05) is 54.6 Å². The molecule has 14 heteroatoms. The predicted octanol–water partition coefficient (Wildman–Crippen LogP) is 4.35. The van der Waals surface area contributed by atoms with Crippen LogP contribution in [0.15, 0.2) is 91.0 Å². The van der Waals surface area contributed by atoms with E-state index in [-0.39, 0.29) is 6.61 Å². The van der Waals surface area contributed by atoms with Crippen LogP contribution < -0.4 is 0 Å². The van der Waals surface area contributed by atoms with Crippen molar-refractivity contribution < 1.29 is 66.4 Å². The van der Waals surface area contributed by atoms with Crippen LogP contribution in [-0.4, -0.2) is 165 Å². The van der Waals surface area contributed by atoms with Crippen molar-refractivity contribution in [2.75, 3.05) is 159 Å². The maximum absolute atomic E-state index is 10.9. The minimum atomic E-state index is -0.757. The molecule has 0 saturated heterocycles. The highest BCUT2D eigenvalue weighted by atomic mass is 16.6. The predicted molar refractivity (Wildman–Crippen MR) is 216 cm³/mol. The van der Waals surface area contributed by atoms with Gasteiger partial charge in [-0.25, -0.2) is 4.79 Å². The Bertz CT molecular complexity index is 1260. The molecule has 0 spiro atoms. The van der Waals surface area contributed by atoms with E-state index in [1.165, 1.54) is 7.11 Å². The zero-order valence-electron chi connectivity index (χ0n) is 34.1. The Morgan fingerprint density at radius 1 is 0.345 bits per heavy atom. The topological polar surface area (TPSA) is 137 Å². The van der Waals surface area contributed by atoms with Crippen LogP contribution in [0.1, 0.15) is 16.7 Å². The Kier molecular flexibility index (Phi) is 29.2. The van der Waals surface area contributed by atoms with Gasteiger partial charge in [-0.15, -0.1) is 0 Å². The van der Waals surface area contributed by atoms with Gasteiger partial charge in [0.05, 0.1) is 152 Å². The maximum Gasteiger partial charge on any atom is 0.331 e. The van der Waals surface area contributed by atoms with E-state index in [0.717, 1.165) is 16.7 Å². The van der Waals surface area contributed by atoms with Gasteiger partial charge in [-0.1, -0.05) is 91.0 Å². The van der Waals surface area contributed by atoms with Crippen LogP contribution >= 0.6 is 0 Å². The summed E-state index contributed by atoms with van der Waals surface area (Å²) in [6.07, 6.45) is 0. The van der Waals surface area contributed by atoms with Gasteiger partial charge in [-0.3, -0.25) is 0 Å². The zero-order valence-corrected chi connectivity index (χ0v) is 34.1. The number of carbonyl (C=O) groups is 1. The number of benzene rings is 3. The van der Waals surface area contributed by atoms with Gasteiger partial charge in [0.15, 0.2) is 0 Å². The quantitative estimate of drug-likeness (QED) is 0.0459. The standard InChI is InChI=1S/C44H64O14/c1-46-43(45)39-57-36-35-55-32-31-53-28-27-51-24-23-49-20-19-47-17-18-48-21-22-50-25-26-52-29-30-54-33-34-56-37-38-58-44(40-11-5-2-6-12-40,41-13-7-3-8-14-41)42-15-9-4-10-16-42/h2-16H,17-39H2,1H3. The SMILES string of the molecule is COC(=O)COCCOCCOCCOCCOCCOCCOCCOCCOCCOCCOCCOC(c1ccccc1)(c1ccccc1)c1ccccc1. The van der Waals surface area contributed by atoms with Crippen LogP contribution in [0.25, 0.3) is 0 Å². The summed E-state index contributed by atoms with van der Waals surface area (Å²) in [5, 5.41) is 0. The molecule has 0 aliphatic heterocycles. The van der Waals surface area contributed by atoms with Crippen molar-refractivity contribution in [1.82, 2.24) is 0 Å². The molecule has 0 saturated carbocycles. The summed E-state index contributed by atoms with van der Waals surface area (Å²) in [4.78, 5) is 10.9. The Morgan fingerprint density at radius 3 is 0.810 bits per heavy atom. The van der Waals surface area contributed by atoms with E-state index in [2.05, 4.69) is 41.1 Å². The first-order valence-electron chi connectivity index (χ1n) is 20.0. The Labute approximate surface area is 344 Å². The lowest BCUT2D eigenvalue weighted by Crippen LogP contribution is -2.34. The summed E-state index contributed by atoms with van der Waals surface area (Å²) < 4.78 is 71.7. The molecule has 0 atom stereocenters. The van der Waals surface area contributed by atoms with Crippen LogP contribution in [0.3, 0.4) is 0 Å². The molecule has 324 valence electrons. The van der Waals surface area contributed by atoms with Gasteiger partial charge in [0.2, 0.25) is 0 Å². The van der Waals surface area contributed by atoms with E-state index in [9.17, 15) is 4.79 Å². The first-order valence-corrected chi connectivity index (χ1v) is 20.0. The highest BCUT2D eigenvalue weighted by Crippen LogP contribution is 2.40. The number of methoxy groups -OCH3 is 1. The second-order valence-electron chi connectivity index (χ2n) is 12.4. The number of ether oxygens (including phenoxy) is 13. The fourth-order valence-corrected chi connectivity index (χ4v) is 5.44. The highest BCUT2D eigenvalue weighted by Gasteiger charge is 2.37. The van der Waals surface area contributed by atoms with E-state index in [1.54, 1.807) is 0 Å². The lowest BCUT2D eigenvalue weighted by molar-refractivity contribution is -0.146. The number of hydrogen-bond acceptors (Lipinski definition) is 14. The smallest absolute Gasteiger partial charge is 0.331 e.